The second kappa shape index (κ2) is 7.94. The molecule has 0 radical (unpaired) electrons. The zero-order valence-electron chi connectivity index (χ0n) is 16.0. The van der Waals surface area contributed by atoms with Crippen LogP contribution in [0.25, 0.3) is 34.4 Å². The molecule has 0 aliphatic carbocycles. The lowest BCUT2D eigenvalue weighted by Crippen LogP contribution is -2.02. The maximum Gasteiger partial charge on any atom is 0.308 e. The zero-order chi connectivity index (χ0) is 20.4. The van der Waals surface area contributed by atoms with Crippen molar-refractivity contribution < 1.29 is 13.9 Å². The summed E-state index contributed by atoms with van der Waals surface area (Å²) < 4.78 is 11.2. The van der Waals surface area contributed by atoms with Crippen LogP contribution in [0, 0.1) is 6.92 Å². The minimum Gasteiger partial charge on any atom is -0.457 e. The molecule has 0 fully saturated rings. The average Bonchev–Trinajstić information content (AvgIpc) is 3.17. The average molecular weight is 404 g/mol. The van der Waals surface area contributed by atoms with Gasteiger partial charge < -0.3 is 9.15 Å². The van der Waals surface area contributed by atoms with Crippen molar-refractivity contribution in [2.75, 3.05) is 0 Å². The van der Waals surface area contributed by atoms with Crippen LogP contribution in [0.4, 0.5) is 0 Å². The van der Waals surface area contributed by atoms with E-state index >= 15 is 0 Å². The van der Waals surface area contributed by atoms with Crippen LogP contribution in [0.1, 0.15) is 23.9 Å². The van der Waals surface area contributed by atoms with Crippen molar-refractivity contribution in [3.05, 3.63) is 82.7 Å². The maximum absolute atomic E-state index is 11.3. The summed E-state index contributed by atoms with van der Waals surface area (Å²) in [5.74, 6) is 1.52. The molecule has 2 aromatic carbocycles. The van der Waals surface area contributed by atoms with Gasteiger partial charge in [0.25, 0.3) is 0 Å². The number of aromatic nitrogens is 1. The molecule has 0 saturated heterocycles. The quantitative estimate of drug-likeness (QED) is 0.286. The predicted molar refractivity (Wildman–Crippen MR) is 116 cm³/mol. The molecule has 0 saturated carbocycles. The summed E-state index contributed by atoms with van der Waals surface area (Å²) in [6.07, 6.45) is 3.70. The fourth-order valence-corrected chi connectivity index (χ4v) is 3.16. The van der Waals surface area contributed by atoms with Crippen molar-refractivity contribution in [3.63, 3.8) is 0 Å². The van der Waals surface area contributed by atoms with Crippen LogP contribution in [-0.2, 0) is 4.79 Å². The normalized spacial score (nSPS) is 11.3. The van der Waals surface area contributed by atoms with Gasteiger partial charge in [0.05, 0.1) is 5.69 Å². The van der Waals surface area contributed by atoms with Gasteiger partial charge in [-0.3, -0.25) is 4.79 Å². The number of fused-ring (bicyclic) bond motifs is 1. The van der Waals surface area contributed by atoms with Gasteiger partial charge in [-0.15, -0.1) is 0 Å². The lowest BCUT2D eigenvalue weighted by atomic mass is 10.1. The van der Waals surface area contributed by atoms with E-state index in [1.165, 1.54) is 6.92 Å². The maximum atomic E-state index is 11.3. The van der Waals surface area contributed by atoms with Gasteiger partial charge in [-0.05, 0) is 55.0 Å². The van der Waals surface area contributed by atoms with Crippen LogP contribution in [0.5, 0.6) is 5.75 Å². The van der Waals surface area contributed by atoms with Crippen molar-refractivity contribution in [2.24, 2.45) is 0 Å². The second-order valence-corrected chi connectivity index (χ2v) is 7.06. The molecule has 0 N–H and O–H groups in total. The number of para-hydroxylation sites is 1. The van der Waals surface area contributed by atoms with Gasteiger partial charge in [-0.2, -0.15) is 0 Å². The van der Waals surface area contributed by atoms with Crippen LogP contribution < -0.4 is 4.74 Å². The highest BCUT2D eigenvalue weighted by atomic mass is 35.5. The Morgan fingerprint density at radius 3 is 2.72 bits per heavy atom. The number of carbonyl (C=O) groups excluding carboxylic acids is 1. The number of carbonyl (C=O) groups is 1. The number of hydrogen-bond donors (Lipinski definition) is 0. The molecule has 0 amide bonds. The van der Waals surface area contributed by atoms with Crippen LogP contribution in [-0.4, -0.2) is 11.0 Å². The van der Waals surface area contributed by atoms with E-state index in [4.69, 9.17) is 20.8 Å². The topological polar surface area (TPSA) is 52.3 Å². The molecule has 0 atom stereocenters. The Balaban J connectivity index is 1.61. The summed E-state index contributed by atoms with van der Waals surface area (Å²) in [5.41, 5.74) is 3.32. The van der Waals surface area contributed by atoms with E-state index in [9.17, 15) is 4.79 Å². The highest BCUT2D eigenvalue weighted by molar-refractivity contribution is 6.31. The third-order valence-corrected chi connectivity index (χ3v) is 4.87. The molecule has 0 spiro atoms. The van der Waals surface area contributed by atoms with E-state index in [1.807, 2.05) is 73.7 Å². The number of aryl methyl sites for hydroxylation is 1. The third-order valence-electron chi connectivity index (χ3n) is 4.46. The Bertz CT molecular complexity index is 1240. The number of furan rings is 1. The largest absolute Gasteiger partial charge is 0.457 e. The van der Waals surface area contributed by atoms with E-state index in [1.54, 1.807) is 6.07 Å². The van der Waals surface area contributed by atoms with Gasteiger partial charge in [0.1, 0.15) is 17.0 Å². The van der Waals surface area contributed by atoms with Crippen molar-refractivity contribution in [1.29, 1.82) is 0 Å². The summed E-state index contributed by atoms with van der Waals surface area (Å²) in [7, 11) is 0. The Morgan fingerprint density at radius 1 is 1.07 bits per heavy atom. The molecule has 2 heterocycles. The summed E-state index contributed by atoms with van der Waals surface area (Å²) in [5, 5.41) is 1.61. The van der Waals surface area contributed by atoms with E-state index in [0.717, 1.165) is 28.0 Å². The number of pyridine rings is 1. The van der Waals surface area contributed by atoms with E-state index < -0.39 is 0 Å². The first kappa shape index (κ1) is 19.0. The molecular formula is C24H18ClNO3. The smallest absolute Gasteiger partial charge is 0.308 e. The highest BCUT2D eigenvalue weighted by Crippen LogP contribution is 2.28. The minimum absolute atomic E-state index is 0.375. The van der Waals surface area contributed by atoms with Crippen LogP contribution >= 0.6 is 11.6 Å². The zero-order valence-corrected chi connectivity index (χ0v) is 16.7. The summed E-state index contributed by atoms with van der Waals surface area (Å²) in [4.78, 5) is 15.9. The predicted octanol–water partition coefficient (Wildman–Crippen LogP) is 6.55. The van der Waals surface area contributed by atoms with Gasteiger partial charge in [-0.25, -0.2) is 4.98 Å². The molecule has 4 aromatic rings. The van der Waals surface area contributed by atoms with E-state index in [-0.39, 0.29) is 5.97 Å². The molecule has 0 bridgehead atoms. The van der Waals surface area contributed by atoms with Crippen molar-refractivity contribution in [2.45, 2.75) is 13.8 Å². The lowest BCUT2D eigenvalue weighted by Gasteiger charge is -2.05. The first-order valence-electron chi connectivity index (χ1n) is 9.12. The molecule has 4 nitrogen and oxygen atoms in total. The highest BCUT2D eigenvalue weighted by Gasteiger charge is 2.07. The molecule has 2 aromatic heterocycles. The van der Waals surface area contributed by atoms with Crippen molar-refractivity contribution in [3.8, 4) is 17.1 Å². The number of nitrogens with zero attached hydrogens (tertiary/aromatic N) is 1. The van der Waals surface area contributed by atoms with Gasteiger partial charge in [0.2, 0.25) is 0 Å². The molecule has 4 rings (SSSR count). The molecule has 0 unspecified atom stereocenters. The Labute approximate surface area is 173 Å². The first-order chi connectivity index (χ1) is 14.0. The van der Waals surface area contributed by atoms with Crippen LogP contribution in [0.15, 0.2) is 65.1 Å². The fraction of sp³-hybridized carbons (Fsp3) is 0.0833. The molecular weight excluding hydrogens is 386 g/mol. The lowest BCUT2D eigenvalue weighted by molar-refractivity contribution is -0.131. The van der Waals surface area contributed by atoms with Gasteiger partial charge >= 0.3 is 5.97 Å². The van der Waals surface area contributed by atoms with Crippen LogP contribution in [0.2, 0.25) is 5.02 Å². The monoisotopic (exact) mass is 403 g/mol. The van der Waals surface area contributed by atoms with Gasteiger partial charge in [-0.1, -0.05) is 41.9 Å². The number of ether oxygens (including phenoxy) is 1. The Hall–Kier alpha value is -3.37. The molecule has 29 heavy (non-hydrogen) atoms. The third kappa shape index (κ3) is 4.23. The SMILES string of the molecule is CC(=O)Oc1cccc2ccc(/C=C/c3ccc(-c4ccc(C)c(Cl)c4)o3)nc12. The number of esters is 1. The van der Waals surface area contributed by atoms with Gasteiger partial charge in [0.15, 0.2) is 5.75 Å². The molecule has 144 valence electrons. The number of rotatable bonds is 4. The second-order valence-electron chi connectivity index (χ2n) is 6.66. The van der Waals surface area contributed by atoms with E-state index in [2.05, 4.69) is 4.98 Å². The van der Waals surface area contributed by atoms with E-state index in [0.29, 0.717) is 22.0 Å². The molecule has 5 heteroatoms. The van der Waals surface area contributed by atoms with Crippen molar-refractivity contribution >= 4 is 40.6 Å². The number of benzene rings is 2. The summed E-state index contributed by atoms with van der Waals surface area (Å²) >= 11 is 6.21. The summed E-state index contributed by atoms with van der Waals surface area (Å²) in [6, 6.07) is 19.0. The minimum atomic E-state index is -0.375. The first-order valence-corrected chi connectivity index (χ1v) is 9.50. The van der Waals surface area contributed by atoms with Crippen molar-refractivity contribution in [1.82, 2.24) is 4.98 Å². The summed E-state index contributed by atoms with van der Waals surface area (Å²) in [6.45, 7) is 3.34. The number of hydrogen-bond acceptors (Lipinski definition) is 4. The number of halogens is 1. The molecule has 0 aliphatic rings. The molecule has 0 aliphatic heterocycles. The fourth-order valence-electron chi connectivity index (χ4n) is 2.98. The van der Waals surface area contributed by atoms with Crippen LogP contribution in [0.3, 0.4) is 0 Å². The standard InChI is InChI=1S/C24H18ClNO3/c1-15-6-7-18(14-21(15)25)22-13-12-20(29-22)11-10-19-9-8-17-4-3-5-23(24(17)26-19)28-16(2)27/h3-14H,1-2H3/b11-10+. The van der Waals surface area contributed by atoms with Gasteiger partial charge in [0, 0.05) is 22.9 Å². The Morgan fingerprint density at radius 2 is 1.93 bits per heavy atom. The Kier molecular flexibility index (Phi) is 5.19.